The predicted octanol–water partition coefficient (Wildman–Crippen LogP) is 5.22. The van der Waals surface area contributed by atoms with Gasteiger partial charge < -0.3 is 15.4 Å². The molecule has 3 rings (SSSR count). The number of anilines is 1. The van der Waals surface area contributed by atoms with Gasteiger partial charge in [0.05, 0.1) is 23.4 Å². The van der Waals surface area contributed by atoms with E-state index in [2.05, 4.69) is 10.6 Å². The molecule has 0 saturated carbocycles. The molecule has 30 heavy (non-hydrogen) atoms. The molecule has 0 aliphatic rings. The summed E-state index contributed by atoms with van der Waals surface area (Å²) in [5, 5.41) is 5.83. The highest BCUT2D eigenvalue weighted by Gasteiger charge is 2.16. The number of ether oxygens (including phenoxy) is 1. The third-order valence-corrected chi connectivity index (χ3v) is 4.56. The van der Waals surface area contributed by atoms with Crippen LogP contribution in [0.3, 0.4) is 0 Å². The minimum atomic E-state index is -0.289. The molecule has 5 nitrogen and oxygen atoms in total. The fourth-order valence-corrected chi connectivity index (χ4v) is 3.04. The number of hydrogen-bond donors (Lipinski definition) is 2. The van der Waals surface area contributed by atoms with Crippen molar-refractivity contribution in [1.82, 2.24) is 5.32 Å². The molecule has 3 aromatic rings. The molecular weight excluding hydrogens is 376 g/mol. The standard InChI is InChI=1S/C25H26N2O3/c1-17(2)30-21-15-13-20(14-16-21)24(28)27-23-12-8-7-11-22(23)25(29)26-18(3)19-9-5-4-6-10-19/h4-18H,1-3H3,(H,26,29)(H,27,28). The number of para-hydroxylation sites is 1. The van der Waals surface area contributed by atoms with Crippen molar-refractivity contribution in [3.8, 4) is 5.75 Å². The van der Waals surface area contributed by atoms with E-state index in [1.165, 1.54) is 0 Å². The molecule has 3 aromatic carbocycles. The maximum Gasteiger partial charge on any atom is 0.255 e. The molecule has 0 saturated heterocycles. The Morgan fingerprint density at radius 2 is 1.40 bits per heavy atom. The molecule has 2 amide bonds. The Morgan fingerprint density at radius 3 is 2.07 bits per heavy atom. The van der Waals surface area contributed by atoms with Gasteiger partial charge in [-0.3, -0.25) is 9.59 Å². The largest absolute Gasteiger partial charge is 0.491 e. The van der Waals surface area contributed by atoms with Gasteiger partial charge in [0, 0.05) is 5.56 Å². The Balaban J connectivity index is 1.71. The molecule has 1 atom stereocenters. The van der Waals surface area contributed by atoms with E-state index in [9.17, 15) is 9.59 Å². The van der Waals surface area contributed by atoms with Crippen LogP contribution in [0.2, 0.25) is 0 Å². The predicted molar refractivity (Wildman–Crippen MR) is 119 cm³/mol. The van der Waals surface area contributed by atoms with Gasteiger partial charge >= 0.3 is 0 Å². The van der Waals surface area contributed by atoms with Crippen molar-refractivity contribution in [3.05, 3.63) is 95.6 Å². The summed E-state index contributed by atoms with van der Waals surface area (Å²) in [4.78, 5) is 25.5. The van der Waals surface area contributed by atoms with Crippen LogP contribution in [0.4, 0.5) is 5.69 Å². The molecule has 0 aliphatic heterocycles. The van der Waals surface area contributed by atoms with Crippen molar-refractivity contribution in [2.45, 2.75) is 32.9 Å². The second-order valence-electron chi connectivity index (χ2n) is 7.30. The average Bonchev–Trinajstić information content (AvgIpc) is 2.74. The Bertz CT molecular complexity index is 998. The summed E-state index contributed by atoms with van der Waals surface area (Å²) in [7, 11) is 0. The van der Waals surface area contributed by atoms with Crippen molar-refractivity contribution in [2.24, 2.45) is 0 Å². The van der Waals surface area contributed by atoms with Crippen molar-refractivity contribution in [2.75, 3.05) is 5.32 Å². The molecule has 0 aliphatic carbocycles. The Hall–Kier alpha value is -3.60. The van der Waals surface area contributed by atoms with Gasteiger partial charge in [0.25, 0.3) is 11.8 Å². The van der Waals surface area contributed by atoms with Crippen LogP contribution in [0, 0.1) is 0 Å². The number of benzene rings is 3. The Morgan fingerprint density at radius 1 is 0.767 bits per heavy atom. The molecule has 0 aromatic heterocycles. The van der Waals surface area contributed by atoms with Gasteiger partial charge in [-0.2, -0.15) is 0 Å². The lowest BCUT2D eigenvalue weighted by Gasteiger charge is -2.16. The maximum absolute atomic E-state index is 12.8. The summed E-state index contributed by atoms with van der Waals surface area (Å²) in [6.07, 6.45) is 0.0633. The minimum absolute atomic E-state index is 0.0633. The summed E-state index contributed by atoms with van der Waals surface area (Å²) in [6.45, 7) is 5.82. The highest BCUT2D eigenvalue weighted by molar-refractivity contribution is 6.09. The summed E-state index contributed by atoms with van der Waals surface area (Å²) >= 11 is 0. The van der Waals surface area contributed by atoms with Crippen LogP contribution in [0.15, 0.2) is 78.9 Å². The second-order valence-corrected chi connectivity index (χ2v) is 7.30. The molecule has 0 spiro atoms. The molecule has 154 valence electrons. The van der Waals surface area contributed by atoms with Gasteiger partial charge in [-0.15, -0.1) is 0 Å². The fraction of sp³-hybridized carbons (Fsp3) is 0.200. The van der Waals surface area contributed by atoms with Gasteiger partial charge in [0.15, 0.2) is 0 Å². The van der Waals surface area contributed by atoms with Crippen molar-refractivity contribution >= 4 is 17.5 Å². The SMILES string of the molecule is CC(C)Oc1ccc(C(=O)Nc2ccccc2C(=O)NC(C)c2ccccc2)cc1. The van der Waals surface area contributed by atoms with E-state index in [1.807, 2.05) is 51.1 Å². The summed E-state index contributed by atoms with van der Waals surface area (Å²) in [5.74, 6) is 0.168. The van der Waals surface area contributed by atoms with Gasteiger partial charge in [-0.1, -0.05) is 42.5 Å². The Kier molecular flexibility index (Phi) is 6.86. The zero-order chi connectivity index (χ0) is 21.5. The molecule has 0 bridgehead atoms. The first-order chi connectivity index (χ1) is 14.4. The van der Waals surface area contributed by atoms with Crippen LogP contribution in [0.5, 0.6) is 5.75 Å². The summed E-state index contributed by atoms with van der Waals surface area (Å²) in [5.41, 5.74) is 2.37. The normalized spacial score (nSPS) is 11.6. The van der Waals surface area contributed by atoms with Crippen LogP contribution < -0.4 is 15.4 Å². The van der Waals surface area contributed by atoms with Crippen molar-refractivity contribution in [3.63, 3.8) is 0 Å². The van der Waals surface area contributed by atoms with Crippen LogP contribution in [0.25, 0.3) is 0 Å². The lowest BCUT2D eigenvalue weighted by molar-refractivity contribution is 0.0940. The highest BCUT2D eigenvalue weighted by atomic mass is 16.5. The number of carbonyl (C=O) groups is 2. The number of rotatable bonds is 7. The van der Waals surface area contributed by atoms with Crippen LogP contribution in [0.1, 0.15) is 53.1 Å². The monoisotopic (exact) mass is 402 g/mol. The second kappa shape index (κ2) is 9.74. The van der Waals surface area contributed by atoms with E-state index >= 15 is 0 Å². The van der Waals surface area contributed by atoms with Crippen LogP contribution in [-0.4, -0.2) is 17.9 Å². The number of nitrogens with one attached hydrogen (secondary N) is 2. The van der Waals surface area contributed by atoms with E-state index in [4.69, 9.17) is 4.74 Å². The number of amides is 2. The molecule has 2 N–H and O–H groups in total. The summed E-state index contributed by atoms with van der Waals surface area (Å²) in [6, 6.07) is 23.5. The lowest BCUT2D eigenvalue weighted by Crippen LogP contribution is -2.28. The smallest absolute Gasteiger partial charge is 0.255 e. The molecule has 0 fully saturated rings. The first-order valence-corrected chi connectivity index (χ1v) is 9.97. The average molecular weight is 402 g/mol. The quantitative estimate of drug-likeness (QED) is 0.570. The van der Waals surface area contributed by atoms with E-state index < -0.39 is 0 Å². The van der Waals surface area contributed by atoms with Crippen LogP contribution in [-0.2, 0) is 0 Å². The third-order valence-electron chi connectivity index (χ3n) is 4.56. The molecule has 0 radical (unpaired) electrons. The topological polar surface area (TPSA) is 67.4 Å². The van der Waals surface area contributed by atoms with Gasteiger partial charge in [0.2, 0.25) is 0 Å². The van der Waals surface area contributed by atoms with Gasteiger partial charge in [-0.25, -0.2) is 0 Å². The van der Waals surface area contributed by atoms with E-state index in [0.717, 1.165) is 5.56 Å². The zero-order valence-corrected chi connectivity index (χ0v) is 17.4. The van der Waals surface area contributed by atoms with Gasteiger partial charge in [-0.05, 0) is 62.7 Å². The number of hydrogen-bond acceptors (Lipinski definition) is 3. The molecular formula is C25H26N2O3. The van der Waals surface area contributed by atoms with E-state index in [-0.39, 0.29) is 24.0 Å². The Labute approximate surface area is 177 Å². The van der Waals surface area contributed by atoms with E-state index in [0.29, 0.717) is 22.6 Å². The number of carbonyl (C=O) groups excluding carboxylic acids is 2. The van der Waals surface area contributed by atoms with Crippen LogP contribution >= 0.6 is 0 Å². The van der Waals surface area contributed by atoms with E-state index in [1.54, 1.807) is 48.5 Å². The fourth-order valence-electron chi connectivity index (χ4n) is 3.04. The minimum Gasteiger partial charge on any atom is -0.491 e. The molecule has 0 heterocycles. The van der Waals surface area contributed by atoms with Crippen molar-refractivity contribution < 1.29 is 14.3 Å². The lowest BCUT2D eigenvalue weighted by atomic mass is 10.1. The first-order valence-electron chi connectivity index (χ1n) is 9.97. The maximum atomic E-state index is 12.8. The van der Waals surface area contributed by atoms with Crippen molar-refractivity contribution in [1.29, 1.82) is 0 Å². The first kappa shape index (κ1) is 21.1. The molecule has 1 unspecified atom stereocenters. The van der Waals surface area contributed by atoms with Gasteiger partial charge in [0.1, 0.15) is 5.75 Å². The highest BCUT2D eigenvalue weighted by Crippen LogP contribution is 2.20. The summed E-state index contributed by atoms with van der Waals surface area (Å²) < 4.78 is 5.61. The third kappa shape index (κ3) is 5.47. The molecule has 5 heteroatoms. The zero-order valence-electron chi connectivity index (χ0n) is 17.4.